The van der Waals surface area contributed by atoms with Crippen LogP contribution in [0.15, 0.2) is 36.7 Å². The van der Waals surface area contributed by atoms with Gasteiger partial charge in [0.15, 0.2) is 5.82 Å². The molecule has 2 aliphatic carbocycles. The lowest BCUT2D eigenvalue weighted by Crippen LogP contribution is -2.42. The summed E-state index contributed by atoms with van der Waals surface area (Å²) in [4.78, 5) is 43.4. The van der Waals surface area contributed by atoms with Gasteiger partial charge in [0.2, 0.25) is 5.91 Å². The largest absolute Gasteiger partial charge is 0.459 e. The maximum atomic E-state index is 12.0. The van der Waals surface area contributed by atoms with E-state index in [1.54, 1.807) is 20.8 Å². The molecule has 2 fully saturated rings. The lowest BCUT2D eigenvalue weighted by atomic mass is 9.98. The maximum absolute atomic E-state index is 12.0. The standard InChI is InChI=1S/C19H22N4O.C14H25NO4/c1-2-18(24)22-11-9-15(10-12-22)14-3-5-16(6-4-14)19-20-13-23(21-19)17-7-8-17;1-13(2,3)18-11(16)9-15(10-7-8-10)12(17)19-14(4,5)6/h3-6,9,13,17H,2,7-8,10-12H2,1H3;10H,7-9H2,1-6H3. The van der Waals surface area contributed by atoms with Gasteiger partial charge in [-0.15, -0.1) is 0 Å². The third kappa shape index (κ3) is 9.93. The van der Waals surface area contributed by atoms with Crippen LogP contribution in [0.25, 0.3) is 17.0 Å². The van der Waals surface area contributed by atoms with E-state index in [1.165, 1.54) is 28.9 Å². The van der Waals surface area contributed by atoms with E-state index in [9.17, 15) is 14.4 Å². The fraction of sp³-hybridized carbons (Fsp3) is 0.606. The number of nitrogens with zero attached hydrogens (tertiary/aromatic N) is 5. The molecule has 2 saturated carbocycles. The number of hydrogen-bond donors (Lipinski definition) is 0. The summed E-state index contributed by atoms with van der Waals surface area (Å²) in [5.41, 5.74) is 2.50. The molecule has 0 unspecified atom stereocenters. The Morgan fingerprint density at radius 3 is 2.07 bits per heavy atom. The smallest absolute Gasteiger partial charge is 0.411 e. The normalized spacial score (nSPS) is 16.9. The second-order valence-corrected chi connectivity index (χ2v) is 13.5. The minimum Gasteiger partial charge on any atom is -0.459 e. The van der Waals surface area contributed by atoms with Crippen LogP contribution in [0.3, 0.4) is 0 Å². The van der Waals surface area contributed by atoms with Crippen LogP contribution in [0.5, 0.6) is 0 Å². The lowest BCUT2D eigenvalue weighted by Gasteiger charge is -2.28. The zero-order chi connectivity index (χ0) is 31.4. The second kappa shape index (κ2) is 13.3. The molecular formula is C33H47N5O5. The van der Waals surface area contributed by atoms with Crippen LogP contribution >= 0.6 is 0 Å². The number of aromatic nitrogens is 3. The number of carbonyl (C=O) groups excluding carboxylic acids is 3. The number of hydrogen-bond acceptors (Lipinski definition) is 7. The summed E-state index contributed by atoms with van der Waals surface area (Å²) in [5, 5.41) is 4.57. The van der Waals surface area contributed by atoms with Crippen LogP contribution in [0.4, 0.5) is 4.79 Å². The number of ether oxygens (including phenoxy) is 2. The molecule has 1 aromatic heterocycles. The zero-order valence-corrected chi connectivity index (χ0v) is 26.8. The van der Waals surface area contributed by atoms with Crippen molar-refractivity contribution >= 4 is 23.5 Å². The highest BCUT2D eigenvalue weighted by Crippen LogP contribution is 2.34. The summed E-state index contributed by atoms with van der Waals surface area (Å²) in [7, 11) is 0. The van der Waals surface area contributed by atoms with Gasteiger partial charge < -0.3 is 14.4 Å². The Kier molecular flexibility index (Phi) is 9.97. The molecule has 2 amide bonds. The fourth-order valence-corrected chi connectivity index (χ4v) is 4.70. The van der Waals surface area contributed by atoms with Crippen molar-refractivity contribution in [3.63, 3.8) is 0 Å². The Bertz CT molecular complexity index is 1310. The molecule has 10 heteroatoms. The third-order valence-electron chi connectivity index (χ3n) is 7.14. The topological polar surface area (TPSA) is 107 Å². The summed E-state index contributed by atoms with van der Waals surface area (Å²) in [6, 6.07) is 9.12. The molecule has 5 rings (SSSR count). The van der Waals surface area contributed by atoms with Crippen LogP contribution in [0.2, 0.25) is 0 Å². The molecule has 0 bridgehead atoms. The zero-order valence-electron chi connectivity index (χ0n) is 26.8. The van der Waals surface area contributed by atoms with Gasteiger partial charge in [-0.2, -0.15) is 5.10 Å². The monoisotopic (exact) mass is 593 g/mol. The Balaban J connectivity index is 0.000000204. The Morgan fingerprint density at radius 1 is 0.930 bits per heavy atom. The molecule has 0 N–H and O–H groups in total. The maximum Gasteiger partial charge on any atom is 0.411 e. The predicted molar refractivity (Wildman–Crippen MR) is 165 cm³/mol. The van der Waals surface area contributed by atoms with E-state index in [0.717, 1.165) is 43.7 Å². The van der Waals surface area contributed by atoms with Gasteiger partial charge in [-0.05, 0) is 84.8 Å². The Morgan fingerprint density at radius 2 is 1.56 bits per heavy atom. The van der Waals surface area contributed by atoms with E-state index >= 15 is 0 Å². The average molecular weight is 594 g/mol. The van der Waals surface area contributed by atoms with E-state index in [0.29, 0.717) is 12.5 Å². The number of benzene rings is 1. The number of esters is 1. The van der Waals surface area contributed by atoms with Gasteiger partial charge in [-0.3, -0.25) is 14.5 Å². The first kappa shape index (κ1) is 32.2. The summed E-state index contributed by atoms with van der Waals surface area (Å²) in [6.07, 6.45) is 9.33. The molecule has 234 valence electrons. The van der Waals surface area contributed by atoms with E-state index in [2.05, 4.69) is 40.4 Å². The number of carbonyl (C=O) groups is 3. The van der Waals surface area contributed by atoms with Gasteiger partial charge in [0, 0.05) is 31.1 Å². The quantitative estimate of drug-likeness (QED) is 0.361. The summed E-state index contributed by atoms with van der Waals surface area (Å²) >= 11 is 0. The molecule has 1 aromatic carbocycles. The van der Waals surface area contributed by atoms with Gasteiger partial charge in [0.1, 0.15) is 24.1 Å². The molecule has 0 atom stereocenters. The predicted octanol–water partition coefficient (Wildman–Crippen LogP) is 6.03. The highest BCUT2D eigenvalue weighted by Gasteiger charge is 2.37. The van der Waals surface area contributed by atoms with E-state index < -0.39 is 23.3 Å². The number of rotatable bonds is 7. The van der Waals surface area contributed by atoms with Crippen LogP contribution in [-0.4, -0.2) is 79.4 Å². The van der Waals surface area contributed by atoms with Gasteiger partial charge in [0.25, 0.3) is 0 Å². The molecule has 0 radical (unpaired) electrons. The molecular weight excluding hydrogens is 546 g/mol. The minimum absolute atomic E-state index is 0.0448. The molecule has 0 spiro atoms. The summed E-state index contributed by atoms with van der Waals surface area (Å²) in [6.45, 7) is 14.2. The van der Waals surface area contributed by atoms with Crippen molar-refractivity contribution in [3.8, 4) is 11.4 Å². The van der Waals surface area contributed by atoms with E-state index in [-0.39, 0.29) is 18.5 Å². The second-order valence-electron chi connectivity index (χ2n) is 13.5. The van der Waals surface area contributed by atoms with Gasteiger partial charge >= 0.3 is 12.1 Å². The van der Waals surface area contributed by atoms with Crippen LogP contribution in [-0.2, 0) is 19.1 Å². The molecule has 0 saturated heterocycles. The molecule has 2 heterocycles. The Labute approximate surface area is 255 Å². The highest BCUT2D eigenvalue weighted by molar-refractivity contribution is 5.79. The number of amides is 2. The molecule has 43 heavy (non-hydrogen) atoms. The van der Waals surface area contributed by atoms with Crippen molar-refractivity contribution in [2.75, 3.05) is 19.6 Å². The van der Waals surface area contributed by atoms with Crippen molar-refractivity contribution in [2.24, 2.45) is 0 Å². The Hall–Kier alpha value is -3.69. The van der Waals surface area contributed by atoms with Crippen LogP contribution < -0.4 is 0 Å². The summed E-state index contributed by atoms with van der Waals surface area (Å²) in [5.74, 6) is 0.633. The van der Waals surface area contributed by atoms with Gasteiger partial charge in [-0.25, -0.2) is 14.5 Å². The van der Waals surface area contributed by atoms with Gasteiger partial charge in [0.05, 0.1) is 6.04 Å². The van der Waals surface area contributed by atoms with Crippen molar-refractivity contribution in [1.29, 1.82) is 0 Å². The van der Waals surface area contributed by atoms with Crippen molar-refractivity contribution < 1.29 is 23.9 Å². The average Bonchev–Trinajstić information content (AvgIpc) is 3.89. The minimum atomic E-state index is -0.557. The van der Waals surface area contributed by atoms with Crippen molar-refractivity contribution in [2.45, 2.75) is 110 Å². The third-order valence-corrected chi connectivity index (χ3v) is 7.14. The van der Waals surface area contributed by atoms with Crippen LogP contribution in [0.1, 0.15) is 98.6 Å². The fourth-order valence-electron chi connectivity index (χ4n) is 4.70. The molecule has 2 aromatic rings. The van der Waals surface area contributed by atoms with Gasteiger partial charge in [-0.1, -0.05) is 37.3 Å². The van der Waals surface area contributed by atoms with Crippen LogP contribution in [0, 0.1) is 0 Å². The first-order chi connectivity index (χ1) is 20.2. The molecule has 3 aliphatic rings. The van der Waals surface area contributed by atoms with E-state index in [4.69, 9.17) is 9.47 Å². The SMILES string of the molecule is CC(C)(C)OC(=O)CN(C(=O)OC(C)(C)C)C1CC1.CCC(=O)N1CC=C(c2ccc(-c3ncn(C4CC4)n3)cc2)CC1. The van der Waals surface area contributed by atoms with Crippen molar-refractivity contribution in [3.05, 3.63) is 42.2 Å². The lowest BCUT2D eigenvalue weighted by molar-refractivity contribution is -0.156. The first-order valence-corrected chi connectivity index (χ1v) is 15.4. The summed E-state index contributed by atoms with van der Waals surface area (Å²) < 4.78 is 12.5. The molecule has 10 nitrogen and oxygen atoms in total. The van der Waals surface area contributed by atoms with Crippen molar-refractivity contribution in [1.82, 2.24) is 24.6 Å². The first-order valence-electron chi connectivity index (χ1n) is 15.4. The van der Waals surface area contributed by atoms with E-state index in [1.807, 2.05) is 43.6 Å². The highest BCUT2D eigenvalue weighted by atomic mass is 16.6. The molecule has 1 aliphatic heterocycles.